The standard InChI is InChI=1S/C19H40/c1-5-7-9-11-12-14-16-19(4)17-18(3)15-13-10-8-6-2/h18-19H,5-17H2,1-4H3. The van der Waals surface area contributed by atoms with E-state index in [1.165, 1.54) is 83.5 Å². The van der Waals surface area contributed by atoms with Crippen LogP contribution in [0.3, 0.4) is 0 Å². The lowest BCUT2D eigenvalue weighted by Gasteiger charge is -2.17. The van der Waals surface area contributed by atoms with Crippen molar-refractivity contribution in [3.63, 3.8) is 0 Å². The summed E-state index contributed by atoms with van der Waals surface area (Å²) >= 11 is 0. The largest absolute Gasteiger partial charge is 0.0654 e. The summed E-state index contributed by atoms with van der Waals surface area (Å²) in [7, 11) is 0. The van der Waals surface area contributed by atoms with E-state index in [4.69, 9.17) is 0 Å². The molecule has 19 heavy (non-hydrogen) atoms. The number of hydrogen-bond acceptors (Lipinski definition) is 0. The number of hydrogen-bond donors (Lipinski definition) is 0. The molecule has 0 radical (unpaired) electrons. The highest BCUT2D eigenvalue weighted by Gasteiger charge is 2.08. The van der Waals surface area contributed by atoms with Crippen LogP contribution in [0.1, 0.15) is 111 Å². The molecule has 0 N–H and O–H groups in total. The average molecular weight is 269 g/mol. The van der Waals surface area contributed by atoms with Gasteiger partial charge in [-0.15, -0.1) is 0 Å². The highest BCUT2D eigenvalue weighted by molar-refractivity contribution is 4.61. The minimum Gasteiger partial charge on any atom is -0.0654 e. The van der Waals surface area contributed by atoms with Crippen LogP contribution >= 0.6 is 0 Å². The Labute approximate surface area is 123 Å². The van der Waals surface area contributed by atoms with Gasteiger partial charge >= 0.3 is 0 Å². The molecule has 0 aromatic heterocycles. The molecule has 116 valence electrons. The Hall–Kier alpha value is 0. The van der Waals surface area contributed by atoms with E-state index < -0.39 is 0 Å². The van der Waals surface area contributed by atoms with Crippen LogP contribution in [-0.4, -0.2) is 0 Å². The van der Waals surface area contributed by atoms with E-state index in [1.807, 2.05) is 0 Å². The van der Waals surface area contributed by atoms with Gasteiger partial charge in [-0.3, -0.25) is 0 Å². The lowest BCUT2D eigenvalue weighted by Crippen LogP contribution is -2.03. The van der Waals surface area contributed by atoms with Crippen molar-refractivity contribution in [3.8, 4) is 0 Å². The summed E-state index contributed by atoms with van der Waals surface area (Å²) in [6, 6.07) is 0. The smallest absolute Gasteiger partial charge is 0.0440 e. The molecule has 0 aromatic carbocycles. The fourth-order valence-corrected chi connectivity index (χ4v) is 3.12. The van der Waals surface area contributed by atoms with Crippen LogP contribution in [-0.2, 0) is 0 Å². The predicted octanol–water partition coefficient (Wildman–Crippen LogP) is 7.37. The maximum absolute atomic E-state index is 2.47. The molecule has 0 aromatic rings. The third kappa shape index (κ3) is 14.2. The maximum Gasteiger partial charge on any atom is -0.0440 e. The minimum atomic E-state index is 0.951. The Morgan fingerprint density at radius 3 is 1.37 bits per heavy atom. The second-order valence-electron chi connectivity index (χ2n) is 6.85. The molecule has 0 heteroatoms. The molecule has 0 fully saturated rings. The molecule has 0 nitrogen and oxygen atoms in total. The number of unbranched alkanes of at least 4 members (excludes halogenated alkanes) is 8. The van der Waals surface area contributed by atoms with Crippen LogP contribution in [0.25, 0.3) is 0 Å². The first kappa shape index (κ1) is 19.0. The van der Waals surface area contributed by atoms with Crippen molar-refractivity contribution in [2.75, 3.05) is 0 Å². The van der Waals surface area contributed by atoms with E-state index in [2.05, 4.69) is 27.7 Å². The predicted molar refractivity (Wildman–Crippen MR) is 89.7 cm³/mol. The van der Waals surface area contributed by atoms with Crippen molar-refractivity contribution in [2.45, 2.75) is 111 Å². The molecular weight excluding hydrogens is 228 g/mol. The van der Waals surface area contributed by atoms with E-state index >= 15 is 0 Å². The SMILES string of the molecule is CCCCCCCCC(C)CC(C)CCCCCC. The van der Waals surface area contributed by atoms with Gasteiger partial charge in [0.05, 0.1) is 0 Å². The van der Waals surface area contributed by atoms with Crippen molar-refractivity contribution < 1.29 is 0 Å². The second-order valence-corrected chi connectivity index (χ2v) is 6.85. The Bertz CT molecular complexity index is 161. The van der Waals surface area contributed by atoms with Gasteiger partial charge < -0.3 is 0 Å². The van der Waals surface area contributed by atoms with Crippen LogP contribution in [0.4, 0.5) is 0 Å². The summed E-state index contributed by atoms with van der Waals surface area (Å²) in [6.07, 6.45) is 18.7. The Morgan fingerprint density at radius 1 is 0.526 bits per heavy atom. The second kappa shape index (κ2) is 14.4. The molecule has 0 heterocycles. The molecule has 0 amide bonds. The molecule has 0 saturated heterocycles. The summed E-state index contributed by atoms with van der Waals surface area (Å²) in [5.41, 5.74) is 0. The van der Waals surface area contributed by atoms with Gasteiger partial charge in [-0.25, -0.2) is 0 Å². The first-order valence-electron chi connectivity index (χ1n) is 9.20. The van der Waals surface area contributed by atoms with Gasteiger partial charge in [0, 0.05) is 0 Å². The van der Waals surface area contributed by atoms with Gasteiger partial charge in [-0.1, -0.05) is 105 Å². The van der Waals surface area contributed by atoms with E-state index in [-0.39, 0.29) is 0 Å². The van der Waals surface area contributed by atoms with Crippen molar-refractivity contribution >= 4 is 0 Å². The minimum absolute atomic E-state index is 0.951. The molecule has 2 atom stereocenters. The van der Waals surface area contributed by atoms with Crippen molar-refractivity contribution in [1.29, 1.82) is 0 Å². The van der Waals surface area contributed by atoms with Crippen molar-refractivity contribution in [3.05, 3.63) is 0 Å². The Balaban J connectivity index is 3.33. The van der Waals surface area contributed by atoms with Gasteiger partial charge in [0.15, 0.2) is 0 Å². The van der Waals surface area contributed by atoms with E-state index in [0.29, 0.717) is 0 Å². The quantitative estimate of drug-likeness (QED) is 0.288. The molecular formula is C19H40. The summed E-state index contributed by atoms with van der Waals surface area (Å²) in [5.74, 6) is 1.90. The van der Waals surface area contributed by atoms with E-state index in [0.717, 1.165) is 11.8 Å². The highest BCUT2D eigenvalue weighted by Crippen LogP contribution is 2.22. The zero-order valence-corrected chi connectivity index (χ0v) is 14.3. The lowest BCUT2D eigenvalue weighted by molar-refractivity contribution is 0.357. The first-order chi connectivity index (χ1) is 9.20. The van der Waals surface area contributed by atoms with Crippen LogP contribution in [0, 0.1) is 11.8 Å². The lowest BCUT2D eigenvalue weighted by atomic mass is 9.89. The summed E-state index contributed by atoms with van der Waals surface area (Å²) in [4.78, 5) is 0. The van der Waals surface area contributed by atoms with Crippen molar-refractivity contribution in [1.82, 2.24) is 0 Å². The highest BCUT2D eigenvalue weighted by atomic mass is 14.1. The molecule has 0 bridgehead atoms. The van der Waals surface area contributed by atoms with Gasteiger partial charge in [-0.2, -0.15) is 0 Å². The third-order valence-electron chi connectivity index (χ3n) is 4.41. The van der Waals surface area contributed by atoms with Crippen LogP contribution in [0.5, 0.6) is 0 Å². The Morgan fingerprint density at radius 2 is 0.895 bits per heavy atom. The maximum atomic E-state index is 2.47. The summed E-state index contributed by atoms with van der Waals surface area (Å²) in [6.45, 7) is 9.52. The summed E-state index contributed by atoms with van der Waals surface area (Å²) < 4.78 is 0. The average Bonchev–Trinajstić information content (AvgIpc) is 2.39. The molecule has 0 aliphatic heterocycles. The topological polar surface area (TPSA) is 0 Å². The monoisotopic (exact) mass is 268 g/mol. The van der Waals surface area contributed by atoms with Crippen LogP contribution < -0.4 is 0 Å². The molecule has 2 unspecified atom stereocenters. The molecule has 0 aliphatic carbocycles. The summed E-state index contributed by atoms with van der Waals surface area (Å²) in [5, 5.41) is 0. The third-order valence-corrected chi connectivity index (χ3v) is 4.41. The van der Waals surface area contributed by atoms with Gasteiger partial charge in [0.1, 0.15) is 0 Å². The zero-order valence-electron chi connectivity index (χ0n) is 14.3. The fourth-order valence-electron chi connectivity index (χ4n) is 3.12. The molecule has 0 aliphatic rings. The van der Waals surface area contributed by atoms with Crippen LogP contribution in [0.2, 0.25) is 0 Å². The number of rotatable bonds is 14. The molecule has 0 rings (SSSR count). The van der Waals surface area contributed by atoms with Gasteiger partial charge in [0.2, 0.25) is 0 Å². The normalized spacial score (nSPS) is 14.5. The Kier molecular flexibility index (Phi) is 14.4. The fraction of sp³-hybridized carbons (Fsp3) is 1.00. The van der Waals surface area contributed by atoms with Crippen LogP contribution in [0.15, 0.2) is 0 Å². The molecule has 0 spiro atoms. The molecule has 0 saturated carbocycles. The van der Waals surface area contributed by atoms with Gasteiger partial charge in [0.25, 0.3) is 0 Å². The van der Waals surface area contributed by atoms with E-state index in [9.17, 15) is 0 Å². The van der Waals surface area contributed by atoms with Gasteiger partial charge in [-0.05, 0) is 18.3 Å². The van der Waals surface area contributed by atoms with E-state index in [1.54, 1.807) is 0 Å². The van der Waals surface area contributed by atoms with Crippen molar-refractivity contribution in [2.24, 2.45) is 11.8 Å². The first-order valence-corrected chi connectivity index (χ1v) is 9.20. The zero-order chi connectivity index (χ0) is 14.3.